The van der Waals surface area contributed by atoms with E-state index in [9.17, 15) is 24.3 Å². The largest absolute Gasteiger partial charge is 0.478 e. The fourth-order valence-corrected chi connectivity index (χ4v) is 3.88. The van der Waals surface area contributed by atoms with Gasteiger partial charge in [0.25, 0.3) is 11.8 Å². The van der Waals surface area contributed by atoms with Gasteiger partial charge < -0.3 is 9.52 Å². The SMILES string of the molecule is O=C1NC(=O)N(c2cccc3ccccc23)C(=O)C1=Cc1ccc(-c2ccccc2C(=O)O)o1. The van der Waals surface area contributed by atoms with Crippen molar-refractivity contribution in [2.75, 3.05) is 4.90 Å². The van der Waals surface area contributed by atoms with Crippen molar-refractivity contribution in [3.05, 3.63) is 95.8 Å². The number of carboxylic acid groups (broad SMARTS) is 1. The Morgan fingerprint density at radius 2 is 1.62 bits per heavy atom. The van der Waals surface area contributed by atoms with Crippen LogP contribution in [0.5, 0.6) is 0 Å². The van der Waals surface area contributed by atoms with Crippen LogP contribution in [-0.2, 0) is 9.59 Å². The normalized spacial score (nSPS) is 15.1. The van der Waals surface area contributed by atoms with Crippen molar-refractivity contribution in [3.8, 4) is 11.3 Å². The van der Waals surface area contributed by atoms with Crippen LogP contribution in [0.2, 0.25) is 0 Å². The summed E-state index contributed by atoms with van der Waals surface area (Å²) in [4.78, 5) is 50.8. The number of aromatic carboxylic acids is 1. The Hall–Kier alpha value is -4.98. The average Bonchev–Trinajstić information content (AvgIpc) is 3.30. The lowest BCUT2D eigenvalue weighted by atomic mass is 10.1. The molecule has 0 radical (unpaired) electrons. The molecule has 1 aliphatic rings. The van der Waals surface area contributed by atoms with Crippen molar-refractivity contribution in [1.82, 2.24) is 5.32 Å². The van der Waals surface area contributed by atoms with E-state index >= 15 is 0 Å². The second kappa shape index (κ2) is 8.18. The number of nitrogens with one attached hydrogen (secondary N) is 1. The van der Waals surface area contributed by atoms with E-state index in [1.165, 1.54) is 18.2 Å². The van der Waals surface area contributed by atoms with Crippen LogP contribution in [0.25, 0.3) is 28.2 Å². The van der Waals surface area contributed by atoms with Gasteiger partial charge in [-0.05, 0) is 35.7 Å². The molecule has 0 bridgehead atoms. The first-order valence-corrected chi connectivity index (χ1v) is 10.3. The number of hydrogen-bond donors (Lipinski definition) is 2. The van der Waals surface area contributed by atoms with Gasteiger partial charge in [0.2, 0.25) is 0 Å². The molecule has 0 aliphatic carbocycles. The van der Waals surface area contributed by atoms with Gasteiger partial charge in [-0.25, -0.2) is 14.5 Å². The fraction of sp³-hybridized carbons (Fsp3) is 0. The van der Waals surface area contributed by atoms with Crippen LogP contribution in [0.15, 0.2) is 88.9 Å². The first-order valence-electron chi connectivity index (χ1n) is 10.3. The monoisotopic (exact) mass is 452 g/mol. The van der Waals surface area contributed by atoms with E-state index < -0.39 is 23.8 Å². The summed E-state index contributed by atoms with van der Waals surface area (Å²) >= 11 is 0. The molecule has 1 aromatic heterocycles. The zero-order chi connectivity index (χ0) is 23.8. The molecule has 0 spiro atoms. The molecular weight excluding hydrogens is 436 g/mol. The molecule has 4 aromatic rings. The molecule has 2 N–H and O–H groups in total. The third kappa shape index (κ3) is 3.53. The highest BCUT2D eigenvalue weighted by atomic mass is 16.4. The van der Waals surface area contributed by atoms with Gasteiger partial charge in [-0.3, -0.25) is 14.9 Å². The van der Waals surface area contributed by atoms with E-state index in [1.807, 2.05) is 18.2 Å². The van der Waals surface area contributed by atoms with Gasteiger partial charge in [0.05, 0.1) is 11.3 Å². The summed E-state index contributed by atoms with van der Waals surface area (Å²) in [5, 5.41) is 13.1. The summed E-state index contributed by atoms with van der Waals surface area (Å²) in [6.45, 7) is 0. The third-order valence-electron chi connectivity index (χ3n) is 5.45. The van der Waals surface area contributed by atoms with Crippen molar-refractivity contribution in [2.24, 2.45) is 0 Å². The van der Waals surface area contributed by atoms with Gasteiger partial charge in [0, 0.05) is 10.9 Å². The molecule has 8 nitrogen and oxygen atoms in total. The number of nitrogens with zero attached hydrogens (tertiary/aromatic N) is 1. The molecule has 0 unspecified atom stereocenters. The molecule has 3 aromatic carbocycles. The Balaban J connectivity index is 1.54. The maximum Gasteiger partial charge on any atom is 0.336 e. The Labute approximate surface area is 192 Å². The third-order valence-corrected chi connectivity index (χ3v) is 5.45. The van der Waals surface area contributed by atoms with E-state index in [1.54, 1.807) is 48.5 Å². The van der Waals surface area contributed by atoms with Crippen molar-refractivity contribution in [2.45, 2.75) is 0 Å². The summed E-state index contributed by atoms with van der Waals surface area (Å²) in [5.74, 6) is -2.35. The Bertz CT molecular complexity index is 1530. The molecule has 34 heavy (non-hydrogen) atoms. The molecule has 166 valence electrons. The number of rotatable bonds is 4. The van der Waals surface area contributed by atoms with Crippen LogP contribution >= 0.6 is 0 Å². The number of urea groups is 1. The number of carbonyl (C=O) groups is 4. The van der Waals surface area contributed by atoms with Crippen LogP contribution in [0, 0.1) is 0 Å². The summed E-state index contributed by atoms with van der Waals surface area (Å²) in [7, 11) is 0. The number of furan rings is 1. The van der Waals surface area contributed by atoms with Crippen molar-refractivity contribution in [3.63, 3.8) is 0 Å². The van der Waals surface area contributed by atoms with Crippen LogP contribution < -0.4 is 10.2 Å². The lowest BCUT2D eigenvalue weighted by molar-refractivity contribution is -0.122. The number of fused-ring (bicyclic) bond motifs is 1. The molecule has 2 heterocycles. The predicted molar refractivity (Wildman–Crippen MR) is 124 cm³/mol. The minimum absolute atomic E-state index is 0.0512. The number of amides is 4. The first-order chi connectivity index (χ1) is 16.4. The molecule has 1 saturated heterocycles. The molecule has 1 aliphatic heterocycles. The molecule has 1 fully saturated rings. The predicted octanol–water partition coefficient (Wildman–Crippen LogP) is 4.46. The number of barbiturate groups is 1. The Kier molecular flexibility index (Phi) is 5.03. The smallest absolute Gasteiger partial charge is 0.336 e. The van der Waals surface area contributed by atoms with Gasteiger partial charge in [-0.1, -0.05) is 54.6 Å². The van der Waals surface area contributed by atoms with E-state index in [-0.39, 0.29) is 22.7 Å². The summed E-state index contributed by atoms with van der Waals surface area (Å²) in [6.07, 6.45) is 1.23. The van der Waals surface area contributed by atoms with E-state index in [0.717, 1.165) is 10.3 Å². The highest BCUT2D eigenvalue weighted by Gasteiger charge is 2.37. The van der Waals surface area contributed by atoms with Gasteiger partial charge in [-0.15, -0.1) is 0 Å². The molecule has 8 heteroatoms. The number of benzene rings is 3. The second-order valence-electron chi connectivity index (χ2n) is 7.51. The fourth-order valence-electron chi connectivity index (χ4n) is 3.88. The highest BCUT2D eigenvalue weighted by molar-refractivity contribution is 6.40. The molecule has 5 rings (SSSR count). The number of carboxylic acids is 1. The van der Waals surface area contributed by atoms with Gasteiger partial charge in [0.15, 0.2) is 0 Å². The van der Waals surface area contributed by atoms with Crippen molar-refractivity contribution >= 4 is 46.4 Å². The van der Waals surface area contributed by atoms with Gasteiger partial charge in [0.1, 0.15) is 17.1 Å². The van der Waals surface area contributed by atoms with Crippen molar-refractivity contribution in [1.29, 1.82) is 0 Å². The van der Waals surface area contributed by atoms with Crippen molar-refractivity contribution < 1.29 is 28.7 Å². The zero-order valence-electron chi connectivity index (χ0n) is 17.5. The van der Waals surface area contributed by atoms with Gasteiger partial charge in [-0.2, -0.15) is 0 Å². The van der Waals surface area contributed by atoms with E-state index in [4.69, 9.17) is 4.42 Å². The minimum Gasteiger partial charge on any atom is -0.478 e. The van der Waals surface area contributed by atoms with Crippen LogP contribution in [0.1, 0.15) is 16.1 Å². The van der Waals surface area contributed by atoms with E-state index in [0.29, 0.717) is 16.6 Å². The zero-order valence-corrected chi connectivity index (χ0v) is 17.5. The quantitative estimate of drug-likeness (QED) is 0.349. The first kappa shape index (κ1) is 20.9. The maximum atomic E-state index is 13.3. The van der Waals surface area contributed by atoms with Crippen LogP contribution in [-0.4, -0.2) is 28.9 Å². The lowest BCUT2D eigenvalue weighted by Gasteiger charge is -2.27. The van der Waals surface area contributed by atoms with Gasteiger partial charge >= 0.3 is 12.0 Å². The Morgan fingerprint density at radius 1 is 0.882 bits per heavy atom. The highest BCUT2D eigenvalue weighted by Crippen LogP contribution is 2.31. The minimum atomic E-state index is -1.11. The maximum absolute atomic E-state index is 13.3. The second-order valence-corrected chi connectivity index (χ2v) is 7.51. The number of carbonyl (C=O) groups excluding carboxylic acids is 3. The summed E-state index contributed by atoms with van der Waals surface area (Å²) in [6, 6.07) is 21.0. The molecular formula is C26H16N2O6. The standard InChI is InChI=1S/C26H16N2O6/c29-23-20(14-16-12-13-22(34-16)18-9-3-4-10-19(18)25(31)32)24(30)28(26(33)27-23)21-11-5-7-15-6-1-2-8-17(15)21/h1-14H,(H,31,32)(H,27,29,33). The average molecular weight is 452 g/mol. The summed E-state index contributed by atoms with van der Waals surface area (Å²) < 4.78 is 5.72. The molecule has 0 saturated carbocycles. The Morgan fingerprint density at radius 3 is 2.44 bits per heavy atom. The molecule has 0 atom stereocenters. The number of hydrogen-bond acceptors (Lipinski definition) is 5. The molecule has 4 amide bonds. The number of imide groups is 2. The number of anilines is 1. The van der Waals surface area contributed by atoms with Crippen LogP contribution in [0.4, 0.5) is 10.5 Å². The van der Waals surface area contributed by atoms with Crippen LogP contribution in [0.3, 0.4) is 0 Å². The summed E-state index contributed by atoms with van der Waals surface area (Å²) in [5.41, 5.74) is 0.455. The lowest BCUT2D eigenvalue weighted by Crippen LogP contribution is -2.54. The van der Waals surface area contributed by atoms with E-state index in [2.05, 4.69) is 5.32 Å². The topological polar surface area (TPSA) is 117 Å².